The van der Waals surface area contributed by atoms with Crippen LogP contribution >= 0.6 is 11.6 Å². The Balaban J connectivity index is 1.77. The average molecular weight is 311 g/mol. The van der Waals surface area contributed by atoms with Crippen molar-refractivity contribution in [3.05, 3.63) is 28.8 Å². The van der Waals surface area contributed by atoms with Crippen molar-refractivity contribution < 1.29 is 9.53 Å². The minimum atomic E-state index is -0.455. The van der Waals surface area contributed by atoms with E-state index in [-0.39, 0.29) is 12.1 Å². The Morgan fingerprint density at radius 1 is 1.29 bits per heavy atom. The Kier molecular flexibility index (Phi) is 4.67. The second-order valence-corrected chi connectivity index (χ2v) is 6.98. The molecular weight excluding hydrogens is 288 g/mol. The van der Waals surface area contributed by atoms with Gasteiger partial charge in [-0.2, -0.15) is 0 Å². The average Bonchev–Trinajstić information content (AvgIpc) is 2.29. The number of amides is 1. The Labute approximate surface area is 131 Å². The fourth-order valence-corrected chi connectivity index (χ4v) is 2.49. The Morgan fingerprint density at radius 2 is 1.95 bits per heavy atom. The predicted octanol–water partition coefficient (Wildman–Crippen LogP) is 4.12. The van der Waals surface area contributed by atoms with Gasteiger partial charge in [0.1, 0.15) is 5.60 Å². The van der Waals surface area contributed by atoms with E-state index in [4.69, 9.17) is 16.3 Å². The number of benzene rings is 1. The van der Waals surface area contributed by atoms with Crippen molar-refractivity contribution in [3.63, 3.8) is 0 Å². The lowest BCUT2D eigenvalue weighted by atomic mass is 9.86. The molecule has 0 aliphatic heterocycles. The molecule has 0 unspecified atom stereocenters. The molecule has 116 valence electrons. The van der Waals surface area contributed by atoms with Crippen molar-refractivity contribution in [1.29, 1.82) is 0 Å². The monoisotopic (exact) mass is 310 g/mol. The topological polar surface area (TPSA) is 50.4 Å². The second kappa shape index (κ2) is 6.14. The lowest BCUT2D eigenvalue weighted by Crippen LogP contribution is -2.50. The maximum Gasteiger partial charge on any atom is 0.407 e. The summed E-state index contributed by atoms with van der Waals surface area (Å²) in [6.45, 7) is 7.58. The minimum Gasteiger partial charge on any atom is -0.444 e. The summed E-state index contributed by atoms with van der Waals surface area (Å²) in [5.41, 5.74) is 1.66. The first-order valence-electron chi connectivity index (χ1n) is 7.26. The number of hydrogen-bond donors (Lipinski definition) is 2. The van der Waals surface area contributed by atoms with Gasteiger partial charge in [-0.05, 0) is 58.2 Å². The summed E-state index contributed by atoms with van der Waals surface area (Å²) in [4.78, 5) is 11.7. The molecule has 0 radical (unpaired) electrons. The van der Waals surface area contributed by atoms with Crippen molar-refractivity contribution in [3.8, 4) is 0 Å². The fourth-order valence-electron chi connectivity index (χ4n) is 2.31. The molecule has 4 nitrogen and oxygen atoms in total. The van der Waals surface area contributed by atoms with Crippen LogP contribution in [0.4, 0.5) is 10.5 Å². The van der Waals surface area contributed by atoms with E-state index in [0.717, 1.165) is 29.1 Å². The first-order chi connectivity index (χ1) is 9.74. The zero-order valence-electron chi connectivity index (χ0n) is 13.0. The minimum absolute atomic E-state index is 0.178. The van der Waals surface area contributed by atoms with Crippen molar-refractivity contribution in [2.45, 2.75) is 58.2 Å². The summed E-state index contributed by atoms with van der Waals surface area (Å²) in [5, 5.41) is 7.12. The molecule has 21 heavy (non-hydrogen) atoms. The molecule has 2 rings (SSSR count). The maximum atomic E-state index is 11.7. The van der Waals surface area contributed by atoms with Crippen LogP contribution in [0.2, 0.25) is 5.02 Å². The molecule has 1 aliphatic rings. The summed E-state index contributed by atoms with van der Waals surface area (Å²) >= 11 is 6.10. The van der Waals surface area contributed by atoms with Gasteiger partial charge in [0.15, 0.2) is 0 Å². The third-order valence-corrected chi connectivity index (χ3v) is 3.90. The molecule has 1 aromatic rings. The second-order valence-electron chi connectivity index (χ2n) is 6.57. The van der Waals surface area contributed by atoms with Gasteiger partial charge >= 0.3 is 6.09 Å². The number of nitrogens with one attached hydrogen (secondary N) is 2. The fraction of sp³-hybridized carbons (Fsp3) is 0.562. The van der Waals surface area contributed by atoms with Gasteiger partial charge in [0.05, 0.1) is 0 Å². The van der Waals surface area contributed by atoms with Crippen LogP contribution in [0.1, 0.15) is 39.2 Å². The van der Waals surface area contributed by atoms with E-state index >= 15 is 0 Å². The summed E-state index contributed by atoms with van der Waals surface area (Å²) in [7, 11) is 0. The Morgan fingerprint density at radius 3 is 2.57 bits per heavy atom. The third-order valence-electron chi connectivity index (χ3n) is 3.49. The highest BCUT2D eigenvalue weighted by Crippen LogP contribution is 2.29. The number of anilines is 1. The molecule has 0 aromatic heterocycles. The number of rotatable bonds is 3. The van der Waals surface area contributed by atoms with E-state index in [1.54, 1.807) is 0 Å². The van der Waals surface area contributed by atoms with Gasteiger partial charge in [-0.15, -0.1) is 0 Å². The van der Waals surface area contributed by atoms with Crippen LogP contribution < -0.4 is 10.6 Å². The molecule has 0 heterocycles. The van der Waals surface area contributed by atoms with E-state index < -0.39 is 5.60 Å². The molecule has 5 heteroatoms. The number of halogens is 1. The van der Waals surface area contributed by atoms with Gasteiger partial charge in [0.25, 0.3) is 0 Å². The molecule has 1 amide bonds. The summed E-state index contributed by atoms with van der Waals surface area (Å²) in [6.07, 6.45) is 1.45. The summed E-state index contributed by atoms with van der Waals surface area (Å²) < 4.78 is 5.24. The number of hydrogen-bond acceptors (Lipinski definition) is 3. The van der Waals surface area contributed by atoms with E-state index in [1.165, 1.54) is 0 Å². The molecular formula is C16H23ClN2O2. The molecule has 1 aliphatic carbocycles. The van der Waals surface area contributed by atoms with Crippen molar-refractivity contribution in [2.75, 3.05) is 5.32 Å². The van der Waals surface area contributed by atoms with E-state index in [2.05, 4.69) is 10.6 Å². The first kappa shape index (κ1) is 16.0. The third kappa shape index (κ3) is 4.53. The van der Waals surface area contributed by atoms with E-state index in [9.17, 15) is 4.79 Å². The molecule has 1 fully saturated rings. The lowest BCUT2D eigenvalue weighted by Gasteiger charge is -2.37. The molecule has 0 atom stereocenters. The molecule has 2 N–H and O–H groups in total. The Hall–Kier alpha value is -1.42. The lowest BCUT2D eigenvalue weighted by molar-refractivity contribution is 0.0475. The van der Waals surface area contributed by atoms with Crippen LogP contribution in [0.15, 0.2) is 18.2 Å². The van der Waals surface area contributed by atoms with Crippen molar-refractivity contribution >= 4 is 23.4 Å². The maximum absolute atomic E-state index is 11.7. The van der Waals surface area contributed by atoms with Crippen molar-refractivity contribution in [2.24, 2.45) is 0 Å². The van der Waals surface area contributed by atoms with Gasteiger partial charge in [0, 0.05) is 22.8 Å². The van der Waals surface area contributed by atoms with Crippen molar-refractivity contribution in [1.82, 2.24) is 5.32 Å². The summed E-state index contributed by atoms with van der Waals surface area (Å²) in [6, 6.07) is 6.39. The molecule has 0 bridgehead atoms. The van der Waals surface area contributed by atoms with Gasteiger partial charge in [-0.25, -0.2) is 4.79 Å². The largest absolute Gasteiger partial charge is 0.444 e. The zero-order chi connectivity index (χ0) is 15.6. The Bertz CT molecular complexity index is 519. The van der Waals surface area contributed by atoms with Crippen LogP contribution in [0, 0.1) is 6.92 Å². The molecule has 1 saturated carbocycles. The molecule has 1 aromatic carbocycles. The van der Waals surface area contributed by atoms with Crippen LogP contribution in [0.3, 0.4) is 0 Å². The van der Waals surface area contributed by atoms with Gasteiger partial charge in [0.2, 0.25) is 0 Å². The quantitative estimate of drug-likeness (QED) is 0.883. The SMILES string of the molecule is Cc1c(Cl)cccc1NC1CC(NC(=O)OC(C)(C)C)C1. The van der Waals surface area contributed by atoms with E-state index in [1.807, 2.05) is 45.9 Å². The smallest absolute Gasteiger partial charge is 0.407 e. The predicted molar refractivity (Wildman–Crippen MR) is 86.0 cm³/mol. The number of carbonyl (C=O) groups excluding carboxylic acids is 1. The van der Waals surface area contributed by atoms with Gasteiger partial charge in [-0.3, -0.25) is 0 Å². The highest BCUT2D eigenvalue weighted by Gasteiger charge is 2.31. The number of ether oxygens (including phenoxy) is 1. The van der Waals surface area contributed by atoms with Gasteiger partial charge < -0.3 is 15.4 Å². The summed E-state index contributed by atoms with van der Waals surface area (Å²) in [5.74, 6) is 0. The van der Waals surface area contributed by atoms with Crippen LogP contribution in [0.5, 0.6) is 0 Å². The zero-order valence-corrected chi connectivity index (χ0v) is 13.8. The molecule has 0 spiro atoms. The van der Waals surface area contributed by atoms with Gasteiger partial charge in [-0.1, -0.05) is 17.7 Å². The molecule has 0 saturated heterocycles. The number of alkyl carbamates (subject to hydrolysis) is 1. The highest BCUT2D eigenvalue weighted by molar-refractivity contribution is 6.31. The standard InChI is InChI=1S/C16H23ClN2O2/c1-10-13(17)6-5-7-14(10)18-11-8-12(9-11)19-15(20)21-16(2,3)4/h5-7,11-12,18H,8-9H2,1-4H3,(H,19,20). The highest BCUT2D eigenvalue weighted by atomic mass is 35.5. The normalized spacial score (nSPS) is 21.4. The van der Waals surface area contributed by atoms with Crippen LogP contribution in [0.25, 0.3) is 0 Å². The van der Waals surface area contributed by atoms with Crippen LogP contribution in [-0.4, -0.2) is 23.8 Å². The number of carbonyl (C=O) groups is 1. The van der Waals surface area contributed by atoms with Crippen LogP contribution in [-0.2, 0) is 4.74 Å². The first-order valence-corrected chi connectivity index (χ1v) is 7.63. The van der Waals surface area contributed by atoms with E-state index in [0.29, 0.717) is 6.04 Å².